The summed E-state index contributed by atoms with van der Waals surface area (Å²) in [4.78, 5) is 19.8. The van der Waals surface area contributed by atoms with Crippen LogP contribution in [0.5, 0.6) is 0 Å². The molecule has 10 aromatic carbocycles. The quantitative estimate of drug-likeness (QED) is 0.0446. The maximum Gasteiger partial charge on any atom is 0.0605 e. The zero-order chi connectivity index (χ0) is 93.0. The minimum Gasteiger partial charge on any atom is -0.337 e. The van der Waals surface area contributed by atoms with Crippen LogP contribution in [0.1, 0.15) is 321 Å². The Balaban J connectivity index is 0.000000239. The number of hydrogen-bond donors (Lipinski definition) is 0. The van der Waals surface area contributed by atoms with Crippen LogP contribution in [0.2, 0.25) is 0 Å². The monoisotopic (exact) mass is 2470 g/mol. The molecule has 708 valence electrons. The second-order valence-corrected chi connectivity index (χ2v) is 41.7. The number of rotatable bonds is 24. The summed E-state index contributed by atoms with van der Waals surface area (Å²) in [5.74, 6) is 5.22. The van der Waals surface area contributed by atoms with Gasteiger partial charge in [-0.05, 0) is 190 Å². The van der Waals surface area contributed by atoms with E-state index in [9.17, 15) is 0 Å². The van der Waals surface area contributed by atoms with Crippen molar-refractivity contribution < 1.29 is 80.4 Å². The molecule has 0 saturated carbocycles. The molecular formula is C120H148Ir4N8-4. The summed E-state index contributed by atoms with van der Waals surface area (Å²) in [7, 11) is 0. The van der Waals surface area contributed by atoms with E-state index in [1.165, 1.54) is 149 Å². The maximum absolute atomic E-state index is 4.99. The van der Waals surface area contributed by atoms with E-state index in [-0.39, 0.29) is 113 Å². The van der Waals surface area contributed by atoms with Crippen LogP contribution in [-0.4, -0.2) is 38.2 Å². The fourth-order valence-electron chi connectivity index (χ4n) is 18.1. The summed E-state index contributed by atoms with van der Waals surface area (Å²) in [5.41, 5.74) is 33.0. The zero-order valence-electron chi connectivity index (χ0n) is 84.7. The largest absolute Gasteiger partial charge is 0.337 e. The van der Waals surface area contributed by atoms with Gasteiger partial charge >= 0.3 is 0 Å². The first-order valence-corrected chi connectivity index (χ1v) is 47.6. The van der Waals surface area contributed by atoms with Crippen molar-refractivity contribution in [2.24, 2.45) is 5.41 Å². The predicted molar refractivity (Wildman–Crippen MR) is 546 cm³/mol. The number of imidazole rings is 4. The molecule has 0 spiro atoms. The van der Waals surface area contributed by atoms with E-state index < -0.39 is 0 Å². The van der Waals surface area contributed by atoms with E-state index in [0.29, 0.717) is 17.8 Å². The Morgan fingerprint density at radius 1 is 0.348 bits per heavy atom. The van der Waals surface area contributed by atoms with Gasteiger partial charge in [-0.1, -0.05) is 296 Å². The number of unbranched alkanes of at least 4 members (excludes halogenated alkanes) is 3. The molecule has 8 nitrogen and oxygen atoms in total. The number of nitrogens with zero attached hydrogens (tertiary/aromatic N) is 8. The van der Waals surface area contributed by atoms with Gasteiger partial charge in [0, 0.05) is 167 Å². The number of aromatic nitrogens is 8. The Morgan fingerprint density at radius 3 is 1.13 bits per heavy atom. The fraction of sp³-hybridized carbons (Fsp3) is 0.400. The molecule has 0 atom stereocenters. The summed E-state index contributed by atoms with van der Waals surface area (Å²) in [6.45, 7) is 66.3. The number of aryl methyl sites for hydroxylation is 5. The van der Waals surface area contributed by atoms with E-state index in [0.717, 1.165) is 84.1 Å². The normalized spacial score (nSPS) is 11.8. The summed E-state index contributed by atoms with van der Waals surface area (Å²) in [5, 5.41) is 0. The van der Waals surface area contributed by atoms with Gasteiger partial charge in [0.05, 0.1) is 23.3 Å². The number of hydrogen-bond acceptors (Lipinski definition) is 4. The van der Waals surface area contributed by atoms with Crippen LogP contribution >= 0.6 is 0 Å². The van der Waals surface area contributed by atoms with Crippen LogP contribution in [0.25, 0.3) is 90.6 Å². The Labute approximate surface area is 850 Å². The third-order valence-electron chi connectivity index (χ3n) is 25.3. The molecule has 4 heterocycles. The van der Waals surface area contributed by atoms with Crippen LogP contribution in [0, 0.1) is 50.5 Å². The van der Waals surface area contributed by atoms with Crippen LogP contribution < -0.4 is 0 Å². The van der Waals surface area contributed by atoms with Crippen molar-refractivity contribution in [3.8, 4) is 90.6 Å². The summed E-state index contributed by atoms with van der Waals surface area (Å²) >= 11 is 0. The third kappa shape index (κ3) is 26.3. The van der Waals surface area contributed by atoms with Crippen molar-refractivity contribution in [2.45, 2.75) is 310 Å². The first kappa shape index (κ1) is 111. The average Bonchev–Trinajstić information content (AvgIpc) is 1.44. The standard InChI is InChI=1S/C33H39N2.C32H37N2.C28H37N2.C27H35N2.4Ir/c1-31(2,3)26-20-25(23-16-12-10-13-17-23)21-27(32(4,5)6)29(26)35-28(33(7,8)9)22-34-30(35)24-18-14-11-15-19-24;1-5-7-8-11-20-27-21-28(24(3)4)22-30(25-16-12-9-13-17-25)31(27)34-29(6-2)23-33-32(34)26-18-14-10-15-19-26;1-9-28(10-2,11-3)24-19-29-26(22-15-13-12-14-16-22)30(24)25-20(4)17-23(18-21(25)5)27(6,7)8;1-18(2)23-14-20(5)15-24(19(3)4)25(23)29-22(16-27(6,7)8)17-28-26(29)21-12-10-9-11-13-21;;;;/h10-18,20-22H,1-9H3;9-10,12-18,21-24H,5-8,11,20H2,1-4H3;12-15,17-19H,9-11H2,1-8H3;9-12,14-15,17-19H,16H2,1-8H3;;;;/q4*-1;;;;. The molecule has 12 heteroatoms. The molecule has 0 aliphatic rings. The molecule has 0 fully saturated rings. The van der Waals surface area contributed by atoms with Gasteiger partial charge in [-0.25, -0.2) is 0 Å². The molecule has 4 aromatic heterocycles. The molecule has 0 amide bonds. The fourth-order valence-corrected chi connectivity index (χ4v) is 18.1. The second kappa shape index (κ2) is 47.9. The van der Waals surface area contributed by atoms with Crippen molar-refractivity contribution >= 4 is 0 Å². The molecule has 0 unspecified atom stereocenters. The van der Waals surface area contributed by atoms with E-state index in [4.69, 9.17) is 19.9 Å². The summed E-state index contributed by atoms with van der Waals surface area (Å²) < 4.78 is 9.68. The maximum atomic E-state index is 4.99. The average molecular weight is 2470 g/mol. The van der Waals surface area contributed by atoms with Gasteiger partial charge in [0.15, 0.2) is 0 Å². The molecular weight excluding hydrogens is 2320 g/mol. The predicted octanol–water partition coefficient (Wildman–Crippen LogP) is 32.9. The van der Waals surface area contributed by atoms with E-state index in [1.807, 2.05) is 54.7 Å². The van der Waals surface area contributed by atoms with Gasteiger partial charge in [-0.2, -0.15) is 0 Å². The van der Waals surface area contributed by atoms with Gasteiger partial charge in [0.25, 0.3) is 0 Å². The first-order valence-electron chi connectivity index (χ1n) is 47.6. The minimum atomic E-state index is -0.0809. The topological polar surface area (TPSA) is 71.3 Å². The third-order valence-corrected chi connectivity index (χ3v) is 25.3. The Hall–Kier alpha value is -8.36. The number of benzene rings is 10. The van der Waals surface area contributed by atoms with E-state index >= 15 is 0 Å². The molecule has 4 radical (unpaired) electrons. The molecule has 0 bridgehead atoms. The molecule has 0 saturated heterocycles. The summed E-state index contributed by atoms with van der Waals surface area (Å²) in [6.07, 6.45) is 19.6. The Kier molecular flexibility index (Phi) is 40.1. The first-order chi connectivity index (χ1) is 60.7. The second-order valence-electron chi connectivity index (χ2n) is 41.7. The Morgan fingerprint density at radius 2 is 0.750 bits per heavy atom. The van der Waals surface area contributed by atoms with Gasteiger partial charge in [0.1, 0.15) is 0 Å². The van der Waals surface area contributed by atoms with Crippen LogP contribution in [0.3, 0.4) is 0 Å². The van der Waals surface area contributed by atoms with Crippen LogP contribution in [-0.2, 0) is 127 Å². The molecule has 0 N–H and O–H groups in total. The van der Waals surface area contributed by atoms with Crippen LogP contribution in [0.15, 0.2) is 231 Å². The van der Waals surface area contributed by atoms with Gasteiger partial charge in [-0.15, -0.1) is 144 Å². The van der Waals surface area contributed by atoms with Crippen LogP contribution in [0.4, 0.5) is 0 Å². The molecule has 0 aliphatic heterocycles. The van der Waals surface area contributed by atoms with Gasteiger partial charge < -0.3 is 18.3 Å². The Bertz CT molecular complexity index is 5850. The van der Waals surface area contributed by atoms with Crippen molar-refractivity contribution in [2.75, 3.05) is 0 Å². The molecule has 14 aromatic rings. The van der Waals surface area contributed by atoms with E-state index in [1.54, 1.807) is 0 Å². The van der Waals surface area contributed by atoms with E-state index in [2.05, 4.69) is 420 Å². The van der Waals surface area contributed by atoms with Gasteiger partial charge in [0.2, 0.25) is 0 Å². The smallest absolute Gasteiger partial charge is 0.0605 e. The van der Waals surface area contributed by atoms with Crippen molar-refractivity contribution in [3.05, 3.63) is 334 Å². The zero-order valence-corrected chi connectivity index (χ0v) is 94.2. The molecule has 132 heavy (non-hydrogen) atoms. The SMILES string of the molecule is CC(C)(C)c1cc(-c2ccccc2)cc(C(C)(C)C)c1-n1c(C(C)(C)C)cnc1-c1[c-]cccc1.CCC(CC)(CC)c1cnc(-c2[c-]cccc2)n1-c1c(C)cc(C(C)(C)C)cc1C.CCCCCCc1cc(C(C)C)cc(-c2ccccc2)c1-n1c(CC)cnc1-c1[c-]cccc1.Cc1cc(C(C)C)c(-n2c(CC(C)(C)C)cnc2-c2[c-]cccc2)c(C(C)C)c1.[Ir].[Ir].[Ir].[Ir]. The van der Waals surface area contributed by atoms with Crippen molar-refractivity contribution in [1.82, 2.24) is 38.2 Å². The molecule has 14 rings (SSSR count). The summed E-state index contributed by atoms with van der Waals surface area (Å²) in [6, 6.07) is 87.0. The van der Waals surface area contributed by atoms with Crippen molar-refractivity contribution in [3.63, 3.8) is 0 Å². The van der Waals surface area contributed by atoms with Gasteiger partial charge in [-0.3, -0.25) is 19.9 Å². The minimum absolute atomic E-state index is 0. The molecule has 0 aliphatic carbocycles. The van der Waals surface area contributed by atoms with Crippen molar-refractivity contribution in [1.29, 1.82) is 0 Å².